The number of nitrogens with one attached hydrogen (secondary N) is 2. The minimum atomic E-state index is 0.0605. The van der Waals surface area contributed by atoms with Gasteiger partial charge in [-0.2, -0.15) is 0 Å². The van der Waals surface area contributed by atoms with Gasteiger partial charge in [-0.05, 0) is 77.4 Å². The summed E-state index contributed by atoms with van der Waals surface area (Å²) in [6.45, 7) is 3.21. The zero-order chi connectivity index (χ0) is 28.9. The molecule has 0 radical (unpaired) electrons. The van der Waals surface area contributed by atoms with E-state index < -0.39 is 0 Å². The van der Waals surface area contributed by atoms with Crippen molar-refractivity contribution in [2.24, 2.45) is 0 Å². The van der Waals surface area contributed by atoms with Crippen molar-refractivity contribution in [2.75, 3.05) is 61.6 Å². The van der Waals surface area contributed by atoms with Crippen LogP contribution < -0.4 is 14.2 Å². The number of hydrogen-bond donors (Lipinski definition) is 3. The van der Waals surface area contributed by atoms with Crippen LogP contribution in [0.2, 0.25) is 0 Å². The average Bonchev–Trinajstić information content (AvgIpc) is 3.56. The molecule has 10 heteroatoms. The van der Waals surface area contributed by atoms with Crippen molar-refractivity contribution < 1.29 is 19.3 Å². The number of aromatic hydroxyl groups is 1. The molecule has 0 spiro atoms. The van der Waals surface area contributed by atoms with E-state index in [0.29, 0.717) is 41.7 Å². The summed E-state index contributed by atoms with van der Waals surface area (Å²) in [4.78, 5) is 20.4. The van der Waals surface area contributed by atoms with Gasteiger partial charge in [0.15, 0.2) is 0 Å². The maximum absolute atomic E-state index is 11.1. The third-order valence-electron chi connectivity index (χ3n) is 6.77. The Morgan fingerprint density at radius 2 is 1.22 bits per heavy atom. The second kappa shape index (κ2) is 12.5. The molecule has 0 aliphatic heterocycles. The number of phenolic OH excluding ortho intramolecular Hbond substituents is 1. The lowest BCUT2D eigenvalue weighted by Crippen LogP contribution is -2.15. The zero-order valence-corrected chi connectivity index (χ0v) is 24.3. The van der Waals surface area contributed by atoms with E-state index >= 15 is 0 Å². The number of ether oxygens (including phenoxy) is 3. The summed E-state index contributed by atoms with van der Waals surface area (Å²) in [5, 5.41) is 11.1. The molecule has 0 fully saturated rings. The lowest BCUT2D eigenvalue weighted by Gasteiger charge is -2.10. The van der Waals surface area contributed by atoms with Crippen LogP contribution in [0.3, 0.4) is 0 Å². The number of methoxy groups -OCH3 is 1. The highest BCUT2D eigenvalue weighted by Gasteiger charge is 2.18. The third kappa shape index (κ3) is 6.72. The van der Waals surface area contributed by atoms with Gasteiger partial charge in [0.2, 0.25) is 0 Å². The Kier molecular flexibility index (Phi) is 8.61. The van der Waals surface area contributed by atoms with E-state index in [1.807, 2.05) is 64.6 Å². The predicted molar refractivity (Wildman–Crippen MR) is 162 cm³/mol. The quantitative estimate of drug-likeness (QED) is 0.170. The minimum absolute atomic E-state index is 0.0605. The minimum Gasteiger partial charge on any atom is -0.507 e. The molecule has 2 heterocycles. The molecular weight excluding hydrogens is 520 g/mol. The van der Waals surface area contributed by atoms with E-state index in [-0.39, 0.29) is 5.75 Å². The molecule has 5 aromatic rings. The van der Waals surface area contributed by atoms with Crippen molar-refractivity contribution in [1.29, 1.82) is 0 Å². The molecular formula is C31H38N6O4. The number of H-pyrrole nitrogens is 2. The van der Waals surface area contributed by atoms with Gasteiger partial charge >= 0.3 is 0 Å². The van der Waals surface area contributed by atoms with Crippen molar-refractivity contribution in [3.63, 3.8) is 0 Å². The Bertz CT molecular complexity index is 1620. The first-order valence-electron chi connectivity index (χ1n) is 13.8. The van der Waals surface area contributed by atoms with Crippen LogP contribution in [0.15, 0.2) is 48.5 Å². The molecule has 0 aliphatic carbocycles. The normalized spacial score (nSPS) is 11.7. The van der Waals surface area contributed by atoms with Crippen LogP contribution in [0, 0.1) is 0 Å². The highest BCUT2D eigenvalue weighted by atomic mass is 16.5. The summed E-state index contributed by atoms with van der Waals surface area (Å²) in [5.74, 6) is 3.30. The summed E-state index contributed by atoms with van der Waals surface area (Å²) >= 11 is 0. The fraction of sp³-hybridized carbons (Fsp3) is 0.355. The molecule has 0 aliphatic rings. The van der Waals surface area contributed by atoms with Crippen LogP contribution in [-0.2, 0) is 0 Å². The largest absolute Gasteiger partial charge is 0.507 e. The van der Waals surface area contributed by atoms with E-state index in [0.717, 1.165) is 59.5 Å². The first-order chi connectivity index (χ1) is 19.8. The molecule has 0 unspecified atom stereocenters. The summed E-state index contributed by atoms with van der Waals surface area (Å²) < 4.78 is 17.5. The number of aromatic nitrogens is 4. The van der Waals surface area contributed by atoms with Crippen molar-refractivity contribution >= 4 is 22.1 Å². The standard InChI is InChI=1S/C31H38N6O4/c1-36(2)12-6-14-40-20-8-10-24-26(16-20)34-30(32-24)22-19-29(39-5)23(18-28(22)38)31-33-25-11-9-21(17-27(25)35-31)41-15-7-13-37(3)4/h8-11,16-19,38H,6-7,12-15H2,1-5H3,(H,32,34)(H,33,35). The van der Waals surface area contributed by atoms with Gasteiger partial charge < -0.3 is 39.1 Å². The van der Waals surface area contributed by atoms with E-state index in [1.54, 1.807) is 19.2 Å². The van der Waals surface area contributed by atoms with Crippen LogP contribution >= 0.6 is 0 Å². The fourth-order valence-electron chi connectivity index (χ4n) is 4.67. The molecule has 5 rings (SSSR count). The number of aromatic amines is 2. The zero-order valence-electron chi connectivity index (χ0n) is 24.3. The monoisotopic (exact) mass is 558 g/mol. The number of benzene rings is 3. The highest BCUT2D eigenvalue weighted by molar-refractivity contribution is 5.86. The topological polar surface area (TPSA) is 112 Å². The highest BCUT2D eigenvalue weighted by Crippen LogP contribution is 2.40. The first-order valence-corrected chi connectivity index (χ1v) is 13.8. The molecule has 41 heavy (non-hydrogen) atoms. The number of phenols is 1. The second-order valence-corrected chi connectivity index (χ2v) is 10.6. The number of fused-ring (bicyclic) bond motifs is 2. The number of hydrogen-bond acceptors (Lipinski definition) is 8. The predicted octanol–water partition coefficient (Wildman–Crippen LogP) is 5.15. The average molecular weight is 559 g/mol. The van der Waals surface area contributed by atoms with E-state index in [1.165, 1.54) is 0 Å². The molecule has 10 nitrogen and oxygen atoms in total. The molecule has 3 N–H and O–H groups in total. The lowest BCUT2D eigenvalue weighted by atomic mass is 10.1. The smallest absolute Gasteiger partial charge is 0.142 e. The van der Waals surface area contributed by atoms with Crippen LogP contribution in [-0.4, -0.2) is 96.4 Å². The van der Waals surface area contributed by atoms with Gasteiger partial charge in [-0.15, -0.1) is 0 Å². The van der Waals surface area contributed by atoms with Gasteiger partial charge in [-0.1, -0.05) is 0 Å². The summed E-state index contributed by atoms with van der Waals surface area (Å²) in [5.41, 5.74) is 4.41. The summed E-state index contributed by atoms with van der Waals surface area (Å²) in [6.07, 6.45) is 1.88. The van der Waals surface area contributed by atoms with Crippen LogP contribution in [0.5, 0.6) is 23.0 Å². The third-order valence-corrected chi connectivity index (χ3v) is 6.77. The van der Waals surface area contributed by atoms with E-state index in [4.69, 9.17) is 24.2 Å². The molecule has 0 saturated heterocycles. The Labute approximate surface area is 239 Å². The number of nitrogens with zero attached hydrogens (tertiary/aromatic N) is 4. The Morgan fingerprint density at radius 1 is 0.707 bits per heavy atom. The number of imidazole rings is 2. The lowest BCUT2D eigenvalue weighted by molar-refractivity contribution is 0.282. The molecule has 0 atom stereocenters. The van der Waals surface area contributed by atoms with Crippen molar-refractivity contribution in [1.82, 2.24) is 29.7 Å². The summed E-state index contributed by atoms with van der Waals surface area (Å²) in [6, 6.07) is 15.0. The van der Waals surface area contributed by atoms with E-state index in [2.05, 4.69) is 19.8 Å². The fourth-order valence-corrected chi connectivity index (χ4v) is 4.67. The molecule has 216 valence electrons. The van der Waals surface area contributed by atoms with Crippen molar-refractivity contribution in [3.05, 3.63) is 48.5 Å². The molecule has 0 saturated carbocycles. The Hall–Kier alpha value is -4.28. The maximum Gasteiger partial charge on any atom is 0.142 e. The maximum atomic E-state index is 11.1. The van der Waals surface area contributed by atoms with Crippen LogP contribution in [0.1, 0.15) is 12.8 Å². The van der Waals surface area contributed by atoms with Gasteiger partial charge in [-0.25, -0.2) is 9.97 Å². The van der Waals surface area contributed by atoms with Gasteiger partial charge in [0.1, 0.15) is 34.6 Å². The Balaban J connectivity index is 1.36. The molecule has 3 aromatic carbocycles. The number of rotatable bonds is 13. The van der Waals surface area contributed by atoms with Gasteiger partial charge in [0.25, 0.3) is 0 Å². The van der Waals surface area contributed by atoms with Crippen molar-refractivity contribution in [2.45, 2.75) is 12.8 Å². The van der Waals surface area contributed by atoms with Gasteiger partial charge in [-0.3, -0.25) is 0 Å². The van der Waals surface area contributed by atoms with Crippen LogP contribution in [0.25, 0.3) is 44.8 Å². The van der Waals surface area contributed by atoms with Crippen LogP contribution in [0.4, 0.5) is 0 Å². The first kappa shape index (κ1) is 28.3. The molecule has 2 aromatic heterocycles. The molecule has 0 bridgehead atoms. The van der Waals surface area contributed by atoms with Crippen molar-refractivity contribution in [3.8, 4) is 45.8 Å². The molecule has 0 amide bonds. The van der Waals surface area contributed by atoms with Gasteiger partial charge in [0, 0.05) is 25.2 Å². The second-order valence-electron chi connectivity index (χ2n) is 10.6. The van der Waals surface area contributed by atoms with Gasteiger partial charge in [0.05, 0.1) is 53.5 Å². The Morgan fingerprint density at radius 3 is 1.71 bits per heavy atom. The SMILES string of the molecule is COc1cc(-c2nc3ccc(OCCCN(C)C)cc3[nH]2)c(O)cc1-c1nc2ccc(OCCCN(C)C)cc2[nH]1. The summed E-state index contributed by atoms with van der Waals surface area (Å²) in [7, 11) is 9.79. The van der Waals surface area contributed by atoms with E-state index in [9.17, 15) is 5.11 Å².